The molecule has 3 aromatic carbocycles. The highest BCUT2D eigenvalue weighted by atomic mass is 19.1. The third kappa shape index (κ3) is 2.86. The fourth-order valence-corrected chi connectivity index (χ4v) is 5.73. The van der Waals surface area contributed by atoms with Crippen molar-refractivity contribution in [1.82, 2.24) is 0 Å². The lowest BCUT2D eigenvalue weighted by Crippen LogP contribution is -2.51. The molecule has 3 aliphatic rings. The summed E-state index contributed by atoms with van der Waals surface area (Å²) in [5.41, 5.74) is 0.0121. The van der Waals surface area contributed by atoms with Gasteiger partial charge >= 0.3 is 0 Å². The van der Waals surface area contributed by atoms with Gasteiger partial charge in [0.1, 0.15) is 5.82 Å². The number of carbonyl (C=O) groups is 4. The lowest BCUT2D eigenvalue weighted by Gasteiger charge is -2.27. The highest BCUT2D eigenvalue weighted by Crippen LogP contribution is 2.57. The molecular formula is C29H22FNO5. The number of ketones is 2. The number of benzene rings is 3. The summed E-state index contributed by atoms with van der Waals surface area (Å²) < 4.78 is 19.9. The standard InChI is InChI=1S/C29H22FNO5/c1-15(2)16-9-13-19(14-10-16)31-27(34)22-23(28(31)35)29(36-24(22)17-7-11-18(30)12-8-17)25(32)20-5-3-4-6-21(20)26(29)33/h3-15,22-24H,1-2H3/t22-,23+,24+/m0/s1. The number of imide groups is 1. The van der Waals surface area contributed by atoms with Crippen LogP contribution in [0.1, 0.15) is 57.7 Å². The summed E-state index contributed by atoms with van der Waals surface area (Å²) in [7, 11) is 0. The van der Waals surface area contributed by atoms with Gasteiger partial charge in [0.2, 0.25) is 29.0 Å². The molecule has 0 bridgehead atoms. The first-order valence-corrected chi connectivity index (χ1v) is 11.9. The molecule has 7 heteroatoms. The van der Waals surface area contributed by atoms with Crippen LogP contribution in [-0.4, -0.2) is 29.0 Å². The molecule has 2 amide bonds. The predicted octanol–water partition coefficient (Wildman–Crippen LogP) is 4.64. The SMILES string of the molecule is CC(C)c1ccc(N2C(=O)[C@@H]3[C@@H](c4ccc(F)cc4)OC4(C(=O)c5ccccc5C4=O)[C@H]3C2=O)cc1. The van der Waals surface area contributed by atoms with Crippen molar-refractivity contribution in [1.29, 1.82) is 0 Å². The first-order valence-electron chi connectivity index (χ1n) is 11.9. The van der Waals surface area contributed by atoms with Crippen LogP contribution >= 0.6 is 0 Å². The molecule has 3 atom stereocenters. The Morgan fingerprint density at radius 3 is 1.94 bits per heavy atom. The minimum absolute atomic E-state index is 0.168. The van der Waals surface area contributed by atoms with E-state index in [-0.39, 0.29) is 17.0 Å². The maximum Gasteiger partial charge on any atom is 0.241 e. The molecule has 36 heavy (non-hydrogen) atoms. The van der Waals surface area contributed by atoms with E-state index in [1.165, 1.54) is 36.4 Å². The Balaban J connectivity index is 1.51. The van der Waals surface area contributed by atoms with E-state index in [1.807, 2.05) is 26.0 Å². The summed E-state index contributed by atoms with van der Waals surface area (Å²) in [6.07, 6.45) is -1.07. The van der Waals surface area contributed by atoms with Gasteiger partial charge in [-0.1, -0.05) is 62.4 Å². The maximum atomic E-state index is 13.9. The van der Waals surface area contributed by atoms with Crippen LogP contribution < -0.4 is 4.90 Å². The van der Waals surface area contributed by atoms with E-state index in [1.54, 1.807) is 24.3 Å². The van der Waals surface area contributed by atoms with Gasteiger partial charge in [-0.25, -0.2) is 9.29 Å². The van der Waals surface area contributed by atoms with E-state index in [0.29, 0.717) is 11.3 Å². The summed E-state index contributed by atoms with van der Waals surface area (Å²) in [6, 6.07) is 18.7. The number of carbonyl (C=O) groups excluding carboxylic acids is 4. The lowest BCUT2D eigenvalue weighted by atomic mass is 9.77. The number of nitrogens with zero attached hydrogens (tertiary/aromatic N) is 1. The summed E-state index contributed by atoms with van der Waals surface area (Å²) in [4.78, 5) is 56.3. The van der Waals surface area contributed by atoms with Crippen LogP contribution in [0.4, 0.5) is 10.1 Å². The molecule has 0 saturated carbocycles. The predicted molar refractivity (Wildman–Crippen MR) is 128 cm³/mol. The number of hydrogen-bond acceptors (Lipinski definition) is 5. The van der Waals surface area contributed by atoms with Gasteiger partial charge in [-0.05, 0) is 41.3 Å². The average Bonchev–Trinajstić information content (AvgIpc) is 3.44. The number of halogens is 1. The third-order valence-corrected chi connectivity index (χ3v) is 7.54. The smallest absolute Gasteiger partial charge is 0.241 e. The van der Waals surface area contributed by atoms with Gasteiger partial charge in [0.15, 0.2) is 0 Å². The average molecular weight is 483 g/mol. The molecule has 2 saturated heterocycles. The van der Waals surface area contributed by atoms with E-state index in [0.717, 1.165) is 10.5 Å². The minimum atomic E-state index is -2.15. The Morgan fingerprint density at radius 2 is 1.39 bits per heavy atom. The Hall–Kier alpha value is -3.97. The molecule has 180 valence electrons. The van der Waals surface area contributed by atoms with Gasteiger partial charge in [0.05, 0.1) is 23.6 Å². The number of Topliss-reactive ketones (excluding diaryl/α,β-unsaturated/α-hetero) is 2. The highest BCUT2D eigenvalue weighted by Gasteiger charge is 2.74. The molecule has 6 nitrogen and oxygen atoms in total. The number of ether oxygens (including phenoxy) is 1. The zero-order valence-electron chi connectivity index (χ0n) is 19.6. The monoisotopic (exact) mass is 483 g/mol. The van der Waals surface area contributed by atoms with Crippen LogP contribution in [0.3, 0.4) is 0 Å². The van der Waals surface area contributed by atoms with Crippen molar-refractivity contribution in [3.05, 3.63) is 101 Å². The maximum absolute atomic E-state index is 13.9. The molecule has 3 aromatic rings. The molecule has 0 radical (unpaired) electrons. The molecule has 2 fully saturated rings. The van der Waals surface area contributed by atoms with Crippen molar-refractivity contribution in [2.24, 2.45) is 11.8 Å². The first-order chi connectivity index (χ1) is 17.3. The zero-order valence-corrected chi connectivity index (χ0v) is 19.6. The van der Waals surface area contributed by atoms with Crippen molar-refractivity contribution in [3.8, 4) is 0 Å². The van der Waals surface area contributed by atoms with Gasteiger partial charge in [0, 0.05) is 11.1 Å². The first kappa shape index (κ1) is 22.5. The number of rotatable bonds is 3. The molecule has 1 spiro atoms. The van der Waals surface area contributed by atoms with Crippen LogP contribution in [0.15, 0.2) is 72.8 Å². The van der Waals surface area contributed by atoms with Gasteiger partial charge in [-0.2, -0.15) is 0 Å². The van der Waals surface area contributed by atoms with E-state index in [4.69, 9.17) is 4.74 Å². The van der Waals surface area contributed by atoms with Crippen molar-refractivity contribution in [2.45, 2.75) is 31.5 Å². The van der Waals surface area contributed by atoms with E-state index in [9.17, 15) is 23.6 Å². The van der Waals surface area contributed by atoms with Crippen LogP contribution in [0.5, 0.6) is 0 Å². The second kappa shape index (κ2) is 7.77. The van der Waals surface area contributed by atoms with Gasteiger partial charge < -0.3 is 4.74 Å². The van der Waals surface area contributed by atoms with Crippen LogP contribution in [0, 0.1) is 17.7 Å². The van der Waals surface area contributed by atoms with Crippen molar-refractivity contribution < 1.29 is 28.3 Å². The Morgan fingerprint density at radius 1 is 0.806 bits per heavy atom. The minimum Gasteiger partial charge on any atom is -0.349 e. The van der Waals surface area contributed by atoms with Crippen LogP contribution in [0.25, 0.3) is 0 Å². The molecule has 2 aliphatic heterocycles. The Kier molecular flexibility index (Phi) is 4.85. The normalized spacial score (nSPS) is 24.2. The molecule has 0 N–H and O–H groups in total. The quantitative estimate of drug-likeness (QED) is 0.400. The number of anilines is 1. The zero-order chi connectivity index (χ0) is 25.4. The number of hydrogen-bond donors (Lipinski definition) is 0. The lowest BCUT2D eigenvalue weighted by molar-refractivity contribution is -0.127. The second-order valence-corrected chi connectivity index (χ2v) is 9.79. The van der Waals surface area contributed by atoms with Crippen molar-refractivity contribution in [2.75, 3.05) is 4.90 Å². The van der Waals surface area contributed by atoms with Crippen LogP contribution in [-0.2, 0) is 14.3 Å². The van der Waals surface area contributed by atoms with Crippen molar-refractivity contribution >= 4 is 29.1 Å². The third-order valence-electron chi connectivity index (χ3n) is 7.54. The molecule has 0 aromatic heterocycles. The highest BCUT2D eigenvalue weighted by molar-refractivity contribution is 6.37. The van der Waals surface area contributed by atoms with E-state index >= 15 is 0 Å². The number of fused-ring (bicyclic) bond motifs is 3. The molecule has 2 heterocycles. The van der Waals surface area contributed by atoms with E-state index < -0.39 is 52.7 Å². The summed E-state index contributed by atoms with van der Waals surface area (Å²) in [6.45, 7) is 4.07. The Bertz CT molecular complexity index is 1410. The summed E-state index contributed by atoms with van der Waals surface area (Å²) in [5, 5.41) is 0. The van der Waals surface area contributed by atoms with E-state index in [2.05, 4.69) is 0 Å². The number of amides is 2. The second-order valence-electron chi connectivity index (χ2n) is 9.79. The Labute approximate surface area is 206 Å². The van der Waals surface area contributed by atoms with Crippen molar-refractivity contribution in [3.63, 3.8) is 0 Å². The molecular weight excluding hydrogens is 461 g/mol. The fraction of sp³-hybridized carbons (Fsp3) is 0.241. The molecule has 6 rings (SSSR count). The molecule has 1 aliphatic carbocycles. The van der Waals surface area contributed by atoms with Gasteiger partial charge in [-0.15, -0.1) is 0 Å². The largest absolute Gasteiger partial charge is 0.349 e. The van der Waals surface area contributed by atoms with Gasteiger partial charge in [-0.3, -0.25) is 19.2 Å². The topological polar surface area (TPSA) is 80.8 Å². The summed E-state index contributed by atoms with van der Waals surface area (Å²) >= 11 is 0. The van der Waals surface area contributed by atoms with Crippen LogP contribution in [0.2, 0.25) is 0 Å². The summed E-state index contributed by atoms with van der Waals surface area (Å²) in [5.74, 6) is -5.13. The fourth-order valence-electron chi connectivity index (χ4n) is 5.73. The molecule has 0 unspecified atom stereocenters. The van der Waals surface area contributed by atoms with Gasteiger partial charge in [0.25, 0.3) is 0 Å².